The Morgan fingerprint density at radius 1 is 0.840 bits per heavy atom. The first kappa shape index (κ1) is 18.1. The quantitative estimate of drug-likeness (QED) is 0.770. The maximum atomic E-state index is 12.5. The van der Waals surface area contributed by atoms with Gasteiger partial charge in [-0.25, -0.2) is 26.3 Å². The highest BCUT2D eigenvalue weighted by Crippen LogP contribution is 2.23. The van der Waals surface area contributed by atoms with Crippen LogP contribution in [0.1, 0.15) is 31.4 Å². The highest BCUT2D eigenvalue weighted by molar-refractivity contribution is 7.90. The van der Waals surface area contributed by atoms with Gasteiger partial charge in [-0.3, -0.25) is 0 Å². The van der Waals surface area contributed by atoms with Gasteiger partial charge in [0.15, 0.2) is 0 Å². The molecule has 2 aromatic carbocycles. The first-order chi connectivity index (χ1) is 11.8. The average Bonchev–Trinajstić information content (AvgIpc) is 3.39. The number of hydrogen-bond donors (Lipinski definition) is 2. The predicted molar refractivity (Wildman–Crippen MR) is 95.0 cm³/mol. The van der Waals surface area contributed by atoms with E-state index in [1.165, 1.54) is 24.3 Å². The molecule has 0 heterocycles. The van der Waals surface area contributed by atoms with E-state index >= 15 is 0 Å². The van der Waals surface area contributed by atoms with E-state index < -0.39 is 26.1 Å². The molecule has 8 heteroatoms. The topological polar surface area (TPSA) is 92.3 Å². The lowest BCUT2D eigenvalue weighted by atomic mass is 10.1. The summed E-state index contributed by atoms with van der Waals surface area (Å²) in [6.07, 6.45) is 1.68. The van der Waals surface area contributed by atoms with Gasteiger partial charge in [0.1, 0.15) is 0 Å². The van der Waals surface area contributed by atoms with Crippen molar-refractivity contribution in [2.75, 3.05) is 0 Å². The summed E-state index contributed by atoms with van der Waals surface area (Å²) in [5.41, 5.74) is 0.846. The van der Waals surface area contributed by atoms with Gasteiger partial charge in [-0.1, -0.05) is 30.3 Å². The van der Waals surface area contributed by atoms with E-state index in [0.29, 0.717) is 0 Å². The monoisotopic (exact) mass is 380 g/mol. The van der Waals surface area contributed by atoms with Crippen molar-refractivity contribution >= 4 is 20.0 Å². The molecule has 0 spiro atoms. The Morgan fingerprint density at radius 3 is 1.88 bits per heavy atom. The van der Waals surface area contributed by atoms with E-state index in [2.05, 4.69) is 9.44 Å². The second kappa shape index (κ2) is 6.87. The van der Waals surface area contributed by atoms with Crippen LogP contribution in [-0.4, -0.2) is 22.9 Å². The molecule has 0 aliphatic heterocycles. The molecule has 1 aliphatic carbocycles. The molecular formula is C17H20N2O4S2. The minimum absolute atomic E-state index is 0.00166. The van der Waals surface area contributed by atoms with Crippen LogP contribution < -0.4 is 9.44 Å². The molecule has 0 aromatic heterocycles. The Hall–Kier alpha value is -1.74. The fourth-order valence-corrected chi connectivity index (χ4v) is 4.93. The molecule has 0 amide bonds. The number of hydrogen-bond acceptors (Lipinski definition) is 4. The van der Waals surface area contributed by atoms with Gasteiger partial charge >= 0.3 is 0 Å². The molecule has 25 heavy (non-hydrogen) atoms. The summed E-state index contributed by atoms with van der Waals surface area (Å²) in [5.74, 6) is 0. The van der Waals surface area contributed by atoms with E-state index in [9.17, 15) is 16.8 Å². The lowest BCUT2D eigenvalue weighted by molar-refractivity contribution is 0.566. The summed E-state index contributed by atoms with van der Waals surface area (Å²) in [7, 11) is -7.34. The molecule has 1 aliphatic rings. The van der Waals surface area contributed by atoms with Crippen molar-refractivity contribution in [1.29, 1.82) is 0 Å². The fraction of sp³-hybridized carbons (Fsp3) is 0.294. The summed E-state index contributed by atoms with van der Waals surface area (Å²) >= 11 is 0. The lowest BCUT2D eigenvalue weighted by Crippen LogP contribution is -2.27. The van der Waals surface area contributed by atoms with Gasteiger partial charge in [0, 0.05) is 12.1 Å². The van der Waals surface area contributed by atoms with Crippen molar-refractivity contribution in [1.82, 2.24) is 9.44 Å². The largest absolute Gasteiger partial charge is 0.241 e. The second-order valence-corrected chi connectivity index (χ2v) is 9.55. The van der Waals surface area contributed by atoms with Crippen molar-refractivity contribution < 1.29 is 16.8 Å². The molecule has 1 atom stereocenters. The van der Waals surface area contributed by atoms with Crippen LogP contribution in [0.5, 0.6) is 0 Å². The smallest absolute Gasteiger partial charge is 0.208 e. The Labute approximate surface area is 148 Å². The maximum absolute atomic E-state index is 12.5. The van der Waals surface area contributed by atoms with Gasteiger partial charge in [0.2, 0.25) is 20.0 Å². The average molecular weight is 380 g/mol. The lowest BCUT2D eigenvalue weighted by Gasteiger charge is -2.15. The molecular weight excluding hydrogens is 360 g/mol. The Balaban J connectivity index is 1.76. The predicted octanol–water partition coefficient (Wildman–Crippen LogP) is 2.17. The highest BCUT2D eigenvalue weighted by Gasteiger charge is 2.28. The molecule has 0 saturated heterocycles. The standard InChI is InChI=1S/C17H20N2O4S2/c1-13(14-5-3-2-4-6-14)18-24(20,21)16-9-11-17(12-10-16)25(22,23)19-15-7-8-15/h2-6,9-13,15,18-19H,7-8H2,1H3. The minimum Gasteiger partial charge on any atom is -0.208 e. The highest BCUT2D eigenvalue weighted by atomic mass is 32.2. The minimum atomic E-state index is -3.75. The van der Waals surface area contributed by atoms with Gasteiger partial charge in [0.05, 0.1) is 9.79 Å². The summed E-state index contributed by atoms with van der Waals surface area (Å²) in [5, 5.41) is 0. The first-order valence-corrected chi connectivity index (χ1v) is 10.9. The molecule has 0 bridgehead atoms. The number of nitrogens with one attached hydrogen (secondary N) is 2. The molecule has 0 radical (unpaired) electrons. The van der Waals surface area contributed by atoms with Gasteiger partial charge in [0.25, 0.3) is 0 Å². The van der Waals surface area contributed by atoms with Crippen molar-refractivity contribution in [3.8, 4) is 0 Å². The van der Waals surface area contributed by atoms with Crippen LogP contribution in [-0.2, 0) is 20.0 Å². The third kappa shape index (κ3) is 4.46. The maximum Gasteiger partial charge on any atom is 0.241 e. The van der Waals surface area contributed by atoms with Crippen LogP contribution in [0.25, 0.3) is 0 Å². The van der Waals surface area contributed by atoms with Gasteiger partial charge in [-0.2, -0.15) is 0 Å². The van der Waals surface area contributed by atoms with Crippen molar-refractivity contribution in [3.05, 3.63) is 60.2 Å². The summed E-state index contributed by atoms with van der Waals surface area (Å²) in [6.45, 7) is 1.76. The Bertz CT molecular complexity index is 936. The zero-order valence-electron chi connectivity index (χ0n) is 13.7. The molecule has 3 rings (SSSR count). The number of benzene rings is 2. The first-order valence-electron chi connectivity index (χ1n) is 7.98. The van der Waals surface area contributed by atoms with Gasteiger partial charge in [-0.05, 0) is 49.6 Å². The summed E-state index contributed by atoms with van der Waals surface area (Å²) < 4.78 is 54.4. The zero-order chi connectivity index (χ0) is 18.1. The van der Waals surface area contributed by atoms with Crippen LogP contribution in [0.2, 0.25) is 0 Å². The van der Waals surface area contributed by atoms with Crippen LogP contribution >= 0.6 is 0 Å². The van der Waals surface area contributed by atoms with Crippen molar-refractivity contribution in [2.24, 2.45) is 0 Å². The molecule has 1 unspecified atom stereocenters. The van der Waals surface area contributed by atoms with Crippen LogP contribution in [0.3, 0.4) is 0 Å². The van der Waals surface area contributed by atoms with Crippen molar-refractivity contribution in [2.45, 2.75) is 41.6 Å². The van der Waals surface area contributed by atoms with E-state index in [1.807, 2.05) is 30.3 Å². The third-order valence-electron chi connectivity index (χ3n) is 3.98. The third-order valence-corrected chi connectivity index (χ3v) is 7.07. The van der Waals surface area contributed by atoms with Crippen LogP contribution in [0, 0.1) is 0 Å². The molecule has 2 aromatic rings. The molecule has 1 saturated carbocycles. The number of rotatable bonds is 7. The van der Waals surface area contributed by atoms with E-state index in [4.69, 9.17) is 0 Å². The van der Waals surface area contributed by atoms with Crippen LogP contribution in [0.15, 0.2) is 64.4 Å². The normalized spacial score (nSPS) is 16.5. The van der Waals surface area contributed by atoms with E-state index in [-0.39, 0.29) is 15.8 Å². The Kier molecular flexibility index (Phi) is 4.97. The number of sulfonamides is 2. The molecule has 6 nitrogen and oxygen atoms in total. The van der Waals surface area contributed by atoms with Crippen molar-refractivity contribution in [3.63, 3.8) is 0 Å². The molecule has 2 N–H and O–H groups in total. The fourth-order valence-electron chi connectivity index (χ4n) is 2.40. The zero-order valence-corrected chi connectivity index (χ0v) is 15.3. The van der Waals surface area contributed by atoms with E-state index in [0.717, 1.165) is 18.4 Å². The van der Waals surface area contributed by atoms with Gasteiger partial charge in [-0.15, -0.1) is 0 Å². The SMILES string of the molecule is CC(NS(=O)(=O)c1ccc(S(=O)(=O)NC2CC2)cc1)c1ccccc1. The second-order valence-electron chi connectivity index (χ2n) is 6.12. The molecule has 134 valence electrons. The van der Waals surface area contributed by atoms with Crippen LogP contribution in [0.4, 0.5) is 0 Å². The van der Waals surface area contributed by atoms with E-state index in [1.54, 1.807) is 6.92 Å². The summed E-state index contributed by atoms with van der Waals surface area (Å²) in [6, 6.07) is 14.1. The van der Waals surface area contributed by atoms with Gasteiger partial charge < -0.3 is 0 Å². The molecule has 1 fully saturated rings. The summed E-state index contributed by atoms with van der Waals surface area (Å²) in [4.78, 5) is 0.0927. The Morgan fingerprint density at radius 2 is 1.36 bits per heavy atom.